The minimum absolute atomic E-state index is 0.0124. The normalized spacial score (nSPS) is 31.5. The van der Waals surface area contributed by atoms with E-state index >= 15 is 0 Å². The minimum atomic E-state index is -0.247. The number of nitrogens with zero attached hydrogens (tertiary/aromatic N) is 1. The van der Waals surface area contributed by atoms with Crippen LogP contribution in [-0.2, 0) is 9.59 Å². The monoisotopic (exact) mass is 210 g/mol. The van der Waals surface area contributed by atoms with E-state index in [-0.39, 0.29) is 17.9 Å². The van der Waals surface area contributed by atoms with E-state index in [0.29, 0.717) is 18.8 Å². The van der Waals surface area contributed by atoms with Crippen LogP contribution in [0.15, 0.2) is 0 Å². The quantitative estimate of drug-likeness (QED) is 0.686. The number of hydrogen-bond acceptors (Lipinski definition) is 2. The Morgan fingerprint density at radius 3 is 2.87 bits per heavy atom. The van der Waals surface area contributed by atoms with Gasteiger partial charge in [-0.25, -0.2) is 0 Å². The van der Waals surface area contributed by atoms with E-state index in [1.807, 2.05) is 4.90 Å². The summed E-state index contributed by atoms with van der Waals surface area (Å²) in [6.45, 7) is 3.88. The second kappa shape index (κ2) is 4.21. The molecule has 0 aromatic carbocycles. The van der Waals surface area contributed by atoms with E-state index in [4.69, 9.17) is 0 Å². The lowest BCUT2D eigenvalue weighted by atomic mass is 9.99. The molecule has 0 spiro atoms. The molecule has 2 saturated heterocycles. The molecule has 0 bridgehead atoms. The van der Waals surface area contributed by atoms with Crippen molar-refractivity contribution >= 4 is 11.8 Å². The molecular formula is C11H18N2O2. The fourth-order valence-electron chi connectivity index (χ4n) is 2.41. The van der Waals surface area contributed by atoms with E-state index < -0.39 is 0 Å². The van der Waals surface area contributed by atoms with Gasteiger partial charge < -0.3 is 10.2 Å². The third-order valence-corrected chi connectivity index (χ3v) is 3.26. The maximum atomic E-state index is 12.0. The van der Waals surface area contributed by atoms with Crippen LogP contribution in [-0.4, -0.2) is 35.8 Å². The van der Waals surface area contributed by atoms with Crippen molar-refractivity contribution in [3.63, 3.8) is 0 Å². The number of carbonyl (C=O) groups excluding carboxylic acids is 2. The fraction of sp³-hybridized carbons (Fsp3) is 0.818. The summed E-state index contributed by atoms with van der Waals surface area (Å²) in [5.41, 5.74) is 0. The average molecular weight is 210 g/mol. The predicted molar refractivity (Wildman–Crippen MR) is 56.1 cm³/mol. The van der Waals surface area contributed by atoms with Gasteiger partial charge in [-0.2, -0.15) is 0 Å². The lowest BCUT2D eigenvalue weighted by Crippen LogP contribution is -2.48. The highest BCUT2D eigenvalue weighted by molar-refractivity contribution is 5.90. The third kappa shape index (κ3) is 2.30. The summed E-state index contributed by atoms with van der Waals surface area (Å²) < 4.78 is 0. The summed E-state index contributed by atoms with van der Waals surface area (Å²) >= 11 is 0. The molecule has 2 rings (SSSR count). The van der Waals surface area contributed by atoms with E-state index in [2.05, 4.69) is 12.2 Å². The first-order chi connectivity index (χ1) is 7.16. The molecule has 2 heterocycles. The van der Waals surface area contributed by atoms with Crippen molar-refractivity contribution < 1.29 is 9.59 Å². The summed E-state index contributed by atoms with van der Waals surface area (Å²) in [7, 11) is 0. The first-order valence-corrected chi connectivity index (χ1v) is 5.75. The molecule has 0 aliphatic carbocycles. The van der Waals surface area contributed by atoms with Crippen LogP contribution in [0.5, 0.6) is 0 Å². The molecule has 0 saturated carbocycles. The highest BCUT2D eigenvalue weighted by Gasteiger charge is 2.32. The van der Waals surface area contributed by atoms with Gasteiger partial charge in [-0.05, 0) is 25.2 Å². The Bertz CT molecular complexity index is 278. The number of nitrogens with one attached hydrogen (secondary N) is 1. The average Bonchev–Trinajstić information content (AvgIpc) is 2.64. The van der Waals surface area contributed by atoms with Crippen LogP contribution < -0.4 is 5.32 Å². The van der Waals surface area contributed by atoms with Gasteiger partial charge in [0.15, 0.2) is 0 Å². The Labute approximate surface area is 90.0 Å². The van der Waals surface area contributed by atoms with E-state index in [1.54, 1.807) is 0 Å². The van der Waals surface area contributed by atoms with Gasteiger partial charge in [-0.1, -0.05) is 6.92 Å². The molecule has 2 atom stereocenters. The number of rotatable bonds is 1. The molecule has 15 heavy (non-hydrogen) atoms. The molecule has 2 aliphatic rings. The number of piperidine rings is 1. The lowest BCUT2D eigenvalue weighted by Gasteiger charge is -2.32. The molecule has 2 fully saturated rings. The SMILES string of the molecule is CC1CCCN(C(=O)C2CCC(=O)N2)C1. The van der Waals surface area contributed by atoms with E-state index in [9.17, 15) is 9.59 Å². The zero-order valence-electron chi connectivity index (χ0n) is 9.16. The molecular weight excluding hydrogens is 192 g/mol. The Balaban J connectivity index is 1.92. The van der Waals surface area contributed by atoms with Crippen molar-refractivity contribution in [2.24, 2.45) is 5.92 Å². The maximum Gasteiger partial charge on any atom is 0.245 e. The summed E-state index contributed by atoms with van der Waals surface area (Å²) in [6.07, 6.45) is 3.47. The molecule has 1 N–H and O–H groups in total. The highest BCUT2D eigenvalue weighted by atomic mass is 16.2. The Morgan fingerprint density at radius 1 is 1.47 bits per heavy atom. The molecule has 4 heteroatoms. The summed E-state index contributed by atoms with van der Waals surface area (Å²) in [6, 6.07) is -0.247. The van der Waals surface area contributed by atoms with Crippen LogP contribution in [0.4, 0.5) is 0 Å². The smallest absolute Gasteiger partial charge is 0.245 e. The van der Waals surface area contributed by atoms with Gasteiger partial charge in [0.05, 0.1) is 0 Å². The highest BCUT2D eigenvalue weighted by Crippen LogP contribution is 2.18. The van der Waals surface area contributed by atoms with E-state index in [1.165, 1.54) is 6.42 Å². The van der Waals surface area contributed by atoms with Gasteiger partial charge in [0.25, 0.3) is 0 Å². The number of likely N-dealkylation sites (tertiary alicyclic amines) is 1. The number of amides is 2. The number of carbonyl (C=O) groups is 2. The van der Waals surface area contributed by atoms with Gasteiger partial charge >= 0.3 is 0 Å². The van der Waals surface area contributed by atoms with Gasteiger partial charge in [-0.15, -0.1) is 0 Å². The zero-order valence-corrected chi connectivity index (χ0v) is 9.16. The van der Waals surface area contributed by atoms with Crippen LogP contribution in [0.1, 0.15) is 32.6 Å². The zero-order chi connectivity index (χ0) is 10.8. The van der Waals surface area contributed by atoms with Gasteiger partial charge in [0.2, 0.25) is 11.8 Å². The summed E-state index contributed by atoms with van der Waals surface area (Å²) in [5.74, 6) is 0.727. The van der Waals surface area contributed by atoms with Crippen molar-refractivity contribution in [2.45, 2.75) is 38.6 Å². The standard InChI is InChI=1S/C11H18N2O2/c1-8-3-2-6-13(7-8)11(15)9-4-5-10(14)12-9/h8-9H,2-7H2,1H3,(H,12,14). The molecule has 2 amide bonds. The second-order valence-electron chi connectivity index (χ2n) is 4.69. The Hall–Kier alpha value is -1.06. The molecule has 2 unspecified atom stereocenters. The van der Waals surface area contributed by atoms with Crippen LogP contribution in [0.3, 0.4) is 0 Å². The fourth-order valence-corrected chi connectivity index (χ4v) is 2.41. The van der Waals surface area contributed by atoms with Crippen LogP contribution in [0.25, 0.3) is 0 Å². The third-order valence-electron chi connectivity index (χ3n) is 3.26. The predicted octanol–water partition coefficient (Wildman–Crippen LogP) is 0.523. The lowest BCUT2D eigenvalue weighted by molar-refractivity contribution is -0.135. The topological polar surface area (TPSA) is 49.4 Å². The van der Waals surface area contributed by atoms with E-state index in [0.717, 1.165) is 19.5 Å². The van der Waals surface area contributed by atoms with Gasteiger partial charge in [0.1, 0.15) is 6.04 Å². The first kappa shape index (κ1) is 10.5. The summed E-state index contributed by atoms with van der Waals surface area (Å²) in [5, 5.41) is 2.74. The van der Waals surface area contributed by atoms with Crippen molar-refractivity contribution in [3.8, 4) is 0 Å². The van der Waals surface area contributed by atoms with Gasteiger partial charge in [0, 0.05) is 19.5 Å². The molecule has 0 aromatic heterocycles. The largest absolute Gasteiger partial charge is 0.344 e. The summed E-state index contributed by atoms with van der Waals surface area (Å²) in [4.78, 5) is 24.9. The minimum Gasteiger partial charge on any atom is -0.344 e. The van der Waals surface area contributed by atoms with Crippen molar-refractivity contribution in [3.05, 3.63) is 0 Å². The van der Waals surface area contributed by atoms with Crippen molar-refractivity contribution in [2.75, 3.05) is 13.1 Å². The molecule has 0 aromatic rings. The first-order valence-electron chi connectivity index (χ1n) is 5.75. The van der Waals surface area contributed by atoms with Crippen LogP contribution >= 0.6 is 0 Å². The molecule has 2 aliphatic heterocycles. The molecule has 0 radical (unpaired) electrons. The Morgan fingerprint density at radius 2 is 2.27 bits per heavy atom. The van der Waals surface area contributed by atoms with Crippen LogP contribution in [0.2, 0.25) is 0 Å². The second-order valence-corrected chi connectivity index (χ2v) is 4.69. The molecule has 4 nitrogen and oxygen atoms in total. The molecule has 84 valence electrons. The number of hydrogen-bond donors (Lipinski definition) is 1. The van der Waals surface area contributed by atoms with Gasteiger partial charge in [-0.3, -0.25) is 9.59 Å². The van der Waals surface area contributed by atoms with Crippen LogP contribution in [0, 0.1) is 5.92 Å². The van der Waals surface area contributed by atoms with Crippen molar-refractivity contribution in [1.82, 2.24) is 10.2 Å². The Kier molecular flexibility index (Phi) is 2.93. The van der Waals surface area contributed by atoms with Crippen molar-refractivity contribution in [1.29, 1.82) is 0 Å². The maximum absolute atomic E-state index is 12.0.